The number of ether oxygens (including phenoxy) is 4. The Bertz CT molecular complexity index is 1650. The summed E-state index contributed by atoms with van der Waals surface area (Å²) in [6.45, 7) is 9.95. The van der Waals surface area contributed by atoms with E-state index >= 15 is 0 Å². The Morgan fingerprint density at radius 2 is 1.18 bits per heavy atom. The van der Waals surface area contributed by atoms with Crippen LogP contribution in [-0.2, 0) is 28.5 Å². The fourth-order valence-corrected chi connectivity index (χ4v) is 8.27. The standard InChI is InChI=1S/C22H28O5.C19H24O3/c1-5-26-21(24)27-20-19(17-12-14(2)6-7-15(17)3)18(23)13-22(20)10-8-16(25-4)9-11-22;1-12-4-5-13(2)15(10-12)17-16(20)11-19(18(17)21)8-6-14(22-3)7-9-19/h6-7,12,16H,5,8-11,13H2,1-4H3;4-5,10,14,21H,6-9,11H2,1-3H3. The molecule has 6 rings (SSSR count). The van der Waals surface area contributed by atoms with Crippen LogP contribution < -0.4 is 0 Å². The molecule has 0 saturated heterocycles. The number of benzene rings is 2. The van der Waals surface area contributed by atoms with Crippen LogP contribution in [0.4, 0.5) is 4.79 Å². The van der Waals surface area contributed by atoms with E-state index in [1.54, 1.807) is 21.1 Å². The molecule has 264 valence electrons. The highest BCUT2D eigenvalue weighted by Crippen LogP contribution is 2.55. The van der Waals surface area contributed by atoms with Gasteiger partial charge in [-0.2, -0.15) is 0 Å². The summed E-state index contributed by atoms with van der Waals surface area (Å²) in [5.74, 6) is 0.941. The van der Waals surface area contributed by atoms with Crippen LogP contribution in [0.25, 0.3) is 11.1 Å². The number of aliphatic hydroxyl groups excluding tert-OH is 1. The lowest BCUT2D eigenvalue weighted by atomic mass is 9.71. The van der Waals surface area contributed by atoms with Crippen molar-refractivity contribution in [1.82, 2.24) is 0 Å². The molecule has 49 heavy (non-hydrogen) atoms. The molecule has 0 bridgehead atoms. The van der Waals surface area contributed by atoms with E-state index in [0.717, 1.165) is 84.7 Å². The van der Waals surface area contributed by atoms with Crippen molar-refractivity contribution in [2.24, 2.45) is 10.8 Å². The van der Waals surface area contributed by atoms with Crippen LogP contribution in [0.2, 0.25) is 0 Å². The van der Waals surface area contributed by atoms with Crippen molar-refractivity contribution >= 4 is 28.9 Å². The van der Waals surface area contributed by atoms with Gasteiger partial charge in [0.25, 0.3) is 0 Å². The minimum atomic E-state index is -0.738. The predicted molar refractivity (Wildman–Crippen MR) is 189 cm³/mol. The van der Waals surface area contributed by atoms with Gasteiger partial charge in [0.2, 0.25) is 0 Å². The predicted octanol–water partition coefficient (Wildman–Crippen LogP) is 8.86. The normalized spacial score (nSPS) is 26.8. The smallest absolute Gasteiger partial charge is 0.511 e. The zero-order valence-electron chi connectivity index (χ0n) is 30.2. The molecule has 4 aliphatic rings. The number of ketones is 2. The number of Topliss-reactive ketones (excluding diaryl/α,β-unsaturated/α-hetero) is 2. The zero-order chi connectivity index (χ0) is 35.5. The number of methoxy groups -OCH3 is 2. The Morgan fingerprint density at radius 3 is 1.67 bits per heavy atom. The van der Waals surface area contributed by atoms with E-state index in [4.69, 9.17) is 18.9 Å². The summed E-state index contributed by atoms with van der Waals surface area (Å²) in [5.41, 5.74) is 6.27. The number of carbonyl (C=O) groups excluding carboxylic acids is 3. The number of allylic oxidation sites excluding steroid dienone is 4. The Morgan fingerprint density at radius 1 is 0.735 bits per heavy atom. The quantitative estimate of drug-likeness (QED) is 0.303. The maximum Gasteiger partial charge on any atom is 0.513 e. The highest BCUT2D eigenvalue weighted by molar-refractivity contribution is 6.25. The van der Waals surface area contributed by atoms with Crippen LogP contribution in [0.1, 0.15) is 105 Å². The maximum absolute atomic E-state index is 13.1. The van der Waals surface area contributed by atoms with Gasteiger partial charge in [-0.25, -0.2) is 4.79 Å². The molecule has 0 radical (unpaired) electrons. The minimum Gasteiger partial charge on any atom is -0.511 e. The molecular weight excluding hydrogens is 620 g/mol. The first-order valence-corrected chi connectivity index (χ1v) is 17.7. The molecule has 1 N–H and O–H groups in total. The minimum absolute atomic E-state index is 0.0406. The van der Waals surface area contributed by atoms with E-state index in [-0.39, 0.29) is 35.8 Å². The van der Waals surface area contributed by atoms with E-state index in [0.29, 0.717) is 35.5 Å². The number of hydrogen-bond acceptors (Lipinski definition) is 8. The molecule has 0 atom stereocenters. The summed E-state index contributed by atoms with van der Waals surface area (Å²) >= 11 is 0. The van der Waals surface area contributed by atoms with Crippen LogP contribution in [0.5, 0.6) is 0 Å². The third-order valence-corrected chi connectivity index (χ3v) is 11.2. The van der Waals surface area contributed by atoms with E-state index < -0.39 is 11.6 Å². The first-order valence-electron chi connectivity index (χ1n) is 17.7. The van der Waals surface area contributed by atoms with Gasteiger partial charge in [-0.05, 0) is 108 Å². The summed E-state index contributed by atoms with van der Waals surface area (Å²) in [6, 6.07) is 12.1. The van der Waals surface area contributed by atoms with Gasteiger partial charge in [-0.3, -0.25) is 9.59 Å². The van der Waals surface area contributed by atoms with Gasteiger partial charge >= 0.3 is 6.16 Å². The molecule has 2 spiro atoms. The molecule has 0 aromatic heterocycles. The van der Waals surface area contributed by atoms with Crippen LogP contribution in [-0.4, -0.2) is 55.9 Å². The fourth-order valence-electron chi connectivity index (χ4n) is 8.27. The lowest BCUT2D eigenvalue weighted by molar-refractivity contribution is -0.116. The molecule has 0 aliphatic heterocycles. The van der Waals surface area contributed by atoms with Crippen LogP contribution in [0.15, 0.2) is 47.9 Å². The van der Waals surface area contributed by atoms with Gasteiger partial charge < -0.3 is 24.1 Å². The second kappa shape index (κ2) is 15.0. The molecule has 0 heterocycles. The molecular formula is C41H52O8. The van der Waals surface area contributed by atoms with Crippen molar-refractivity contribution in [3.63, 3.8) is 0 Å². The number of aryl methyl sites for hydroxylation is 4. The van der Waals surface area contributed by atoms with E-state index in [1.807, 2.05) is 64.1 Å². The van der Waals surface area contributed by atoms with Gasteiger partial charge in [0.1, 0.15) is 11.5 Å². The Kier molecular flexibility index (Phi) is 11.2. The number of carbonyl (C=O) groups is 3. The Balaban J connectivity index is 0.000000195. The molecule has 4 aliphatic carbocycles. The number of hydrogen-bond donors (Lipinski definition) is 1. The van der Waals surface area contributed by atoms with E-state index in [9.17, 15) is 19.5 Å². The number of aliphatic hydroxyl groups is 1. The third kappa shape index (κ3) is 7.41. The third-order valence-electron chi connectivity index (χ3n) is 11.2. The largest absolute Gasteiger partial charge is 0.513 e. The summed E-state index contributed by atoms with van der Waals surface area (Å²) < 4.78 is 21.6. The SMILES string of the molecule is CCOC(=O)OC1=C(c2cc(C)ccc2C)C(=O)CC12CCC(OC)CC2.COC1CCC2(CC1)CC(=O)C(c1cc(C)ccc1C)=C2O. The summed E-state index contributed by atoms with van der Waals surface area (Å²) in [6.07, 6.45) is 7.24. The van der Waals surface area contributed by atoms with Crippen molar-refractivity contribution in [3.05, 3.63) is 81.3 Å². The molecule has 0 unspecified atom stereocenters. The highest BCUT2D eigenvalue weighted by Gasteiger charge is 2.51. The Hall–Kier alpha value is -3.75. The zero-order valence-corrected chi connectivity index (χ0v) is 30.2. The van der Waals surface area contributed by atoms with Gasteiger partial charge in [0, 0.05) is 37.9 Å². The first kappa shape index (κ1) is 36.5. The second-order valence-corrected chi connectivity index (χ2v) is 14.5. The Labute approximate surface area is 290 Å². The molecule has 2 fully saturated rings. The van der Waals surface area contributed by atoms with Crippen molar-refractivity contribution < 1.29 is 38.4 Å². The first-order chi connectivity index (χ1) is 23.4. The highest BCUT2D eigenvalue weighted by atomic mass is 16.7. The lowest BCUT2D eigenvalue weighted by Crippen LogP contribution is -2.32. The van der Waals surface area contributed by atoms with E-state index in [1.165, 1.54) is 0 Å². The van der Waals surface area contributed by atoms with Gasteiger partial charge in [-0.15, -0.1) is 0 Å². The van der Waals surface area contributed by atoms with Crippen molar-refractivity contribution in [3.8, 4) is 0 Å². The molecule has 8 heteroatoms. The van der Waals surface area contributed by atoms with Crippen molar-refractivity contribution in [2.45, 2.75) is 111 Å². The fraction of sp³-hybridized carbons (Fsp3) is 0.537. The van der Waals surface area contributed by atoms with Crippen LogP contribution in [0, 0.1) is 38.5 Å². The monoisotopic (exact) mass is 672 g/mol. The summed E-state index contributed by atoms with van der Waals surface area (Å²) in [4.78, 5) is 37.9. The van der Waals surface area contributed by atoms with Gasteiger partial charge in [-0.1, -0.05) is 47.5 Å². The second-order valence-electron chi connectivity index (χ2n) is 14.5. The van der Waals surface area contributed by atoms with Crippen molar-refractivity contribution in [1.29, 1.82) is 0 Å². The number of rotatable bonds is 6. The lowest BCUT2D eigenvalue weighted by Gasteiger charge is -2.37. The summed E-state index contributed by atoms with van der Waals surface area (Å²) in [5, 5.41) is 10.9. The van der Waals surface area contributed by atoms with Crippen LogP contribution >= 0.6 is 0 Å². The molecule has 2 aromatic rings. The molecule has 0 amide bonds. The van der Waals surface area contributed by atoms with Gasteiger partial charge in [0.05, 0.1) is 30.0 Å². The van der Waals surface area contributed by atoms with Gasteiger partial charge in [0.15, 0.2) is 11.6 Å². The maximum atomic E-state index is 13.1. The van der Waals surface area contributed by atoms with Crippen LogP contribution in [0.3, 0.4) is 0 Å². The topological polar surface area (TPSA) is 108 Å². The molecule has 2 saturated carbocycles. The van der Waals surface area contributed by atoms with E-state index in [2.05, 4.69) is 0 Å². The van der Waals surface area contributed by atoms with Crippen molar-refractivity contribution in [2.75, 3.05) is 20.8 Å². The summed E-state index contributed by atoms with van der Waals surface area (Å²) in [7, 11) is 3.45. The molecule has 2 aromatic carbocycles. The average molecular weight is 673 g/mol. The average Bonchev–Trinajstić information content (AvgIpc) is 3.47. The molecule has 8 nitrogen and oxygen atoms in total.